The molecule has 0 aromatic carbocycles. The first-order chi connectivity index (χ1) is 13.6. The van der Waals surface area contributed by atoms with Gasteiger partial charge in [-0.05, 0) is 51.0 Å². The molecule has 0 radical (unpaired) electrons. The van der Waals surface area contributed by atoms with E-state index >= 15 is 0 Å². The molecular weight excluding hydrogens is 378 g/mol. The van der Waals surface area contributed by atoms with E-state index in [-0.39, 0.29) is 11.8 Å². The van der Waals surface area contributed by atoms with Gasteiger partial charge in [0, 0.05) is 39.0 Å². The van der Waals surface area contributed by atoms with E-state index in [1.54, 1.807) is 4.90 Å². The lowest BCUT2D eigenvalue weighted by Crippen LogP contribution is -2.61. The number of rotatable bonds is 8. The van der Waals surface area contributed by atoms with Gasteiger partial charge in [-0.15, -0.1) is 0 Å². The lowest BCUT2D eigenvalue weighted by atomic mass is 9.72. The van der Waals surface area contributed by atoms with Gasteiger partial charge < -0.3 is 15.1 Å². The molecule has 0 aromatic heterocycles. The van der Waals surface area contributed by atoms with Crippen molar-refractivity contribution in [1.82, 2.24) is 15.1 Å². The molecule has 1 atom stereocenters. The molecule has 2 saturated heterocycles. The second-order valence-electron chi connectivity index (χ2n) is 9.51. The molecule has 3 rings (SSSR count). The van der Waals surface area contributed by atoms with Gasteiger partial charge in [0.1, 0.15) is 0 Å². The number of alkyl halides is 2. The summed E-state index contributed by atoms with van der Waals surface area (Å²) in [6.07, 6.45) is 3.36. The number of hydrogen-bond acceptors (Lipinski definition) is 4. The van der Waals surface area contributed by atoms with Gasteiger partial charge >= 0.3 is 6.03 Å². The van der Waals surface area contributed by atoms with Crippen molar-refractivity contribution < 1.29 is 18.4 Å². The highest BCUT2D eigenvalue weighted by molar-refractivity contribution is 5.89. The fraction of sp³-hybridized carbons (Fsp3) is 0.857. The molecule has 3 aliphatic rings. The summed E-state index contributed by atoms with van der Waals surface area (Å²) >= 11 is 0. The van der Waals surface area contributed by atoms with E-state index in [2.05, 4.69) is 23.2 Å². The van der Waals surface area contributed by atoms with Crippen LogP contribution in [0.15, 0.2) is 0 Å². The summed E-state index contributed by atoms with van der Waals surface area (Å²) in [5, 5.41) is 11.7. The van der Waals surface area contributed by atoms with E-state index in [0.717, 1.165) is 45.8 Å². The van der Waals surface area contributed by atoms with E-state index < -0.39 is 35.6 Å². The van der Waals surface area contributed by atoms with Crippen LogP contribution < -0.4 is 5.32 Å². The van der Waals surface area contributed by atoms with Crippen molar-refractivity contribution in [2.75, 3.05) is 32.7 Å². The van der Waals surface area contributed by atoms with Crippen LogP contribution in [0.4, 0.5) is 13.6 Å². The zero-order valence-electron chi connectivity index (χ0n) is 17.5. The number of ketones is 1. The molecule has 0 unspecified atom stereocenters. The van der Waals surface area contributed by atoms with Crippen LogP contribution in [0, 0.1) is 22.2 Å². The lowest BCUT2D eigenvalue weighted by molar-refractivity contribution is -0.124. The Hall–Kier alpha value is -1.75. The summed E-state index contributed by atoms with van der Waals surface area (Å²) in [6.45, 7) is 7.31. The monoisotopic (exact) mass is 410 g/mol. The maximum atomic E-state index is 13.6. The summed E-state index contributed by atoms with van der Waals surface area (Å²) in [4.78, 5) is 29.3. The van der Waals surface area contributed by atoms with Crippen LogP contribution >= 0.6 is 0 Å². The number of halogens is 2. The Bertz CT molecular complexity index is 665. The molecule has 6 nitrogen and oxygen atoms in total. The number of nitriles is 1. The zero-order valence-corrected chi connectivity index (χ0v) is 17.5. The number of amides is 2. The fourth-order valence-electron chi connectivity index (χ4n) is 4.66. The smallest absolute Gasteiger partial charge is 0.317 e. The minimum Gasteiger partial charge on any atom is -0.328 e. The highest BCUT2D eigenvalue weighted by Crippen LogP contribution is 2.48. The Morgan fingerprint density at radius 1 is 1.21 bits per heavy atom. The van der Waals surface area contributed by atoms with Crippen molar-refractivity contribution >= 4 is 11.8 Å². The lowest BCUT2D eigenvalue weighted by Gasteiger charge is -2.54. The summed E-state index contributed by atoms with van der Waals surface area (Å²) in [7, 11) is 0. The van der Waals surface area contributed by atoms with Gasteiger partial charge in [0.2, 0.25) is 5.92 Å². The minimum atomic E-state index is -3.07. The Balaban J connectivity index is 1.53. The second-order valence-corrected chi connectivity index (χ2v) is 9.51. The van der Waals surface area contributed by atoms with Crippen LogP contribution in [0.1, 0.15) is 58.8 Å². The number of hydrogen-bond donors (Lipinski definition) is 1. The predicted molar refractivity (Wildman–Crippen MR) is 104 cm³/mol. The van der Waals surface area contributed by atoms with Gasteiger partial charge in [-0.3, -0.25) is 4.79 Å². The number of nitrogens with zero attached hydrogens (tertiary/aromatic N) is 3. The maximum absolute atomic E-state index is 13.6. The fourth-order valence-corrected chi connectivity index (χ4v) is 4.66. The molecule has 1 aliphatic carbocycles. The molecule has 2 heterocycles. The average Bonchev–Trinajstić information content (AvgIpc) is 3.39. The molecule has 1 spiro atoms. The molecule has 1 N–H and O–H groups in total. The van der Waals surface area contributed by atoms with Gasteiger partial charge in [0.15, 0.2) is 5.78 Å². The highest BCUT2D eigenvalue weighted by atomic mass is 19.3. The van der Waals surface area contributed by atoms with E-state index in [1.807, 2.05) is 0 Å². The van der Waals surface area contributed by atoms with Crippen LogP contribution in [0.2, 0.25) is 0 Å². The van der Waals surface area contributed by atoms with Crippen LogP contribution in [-0.2, 0) is 4.79 Å². The standard InChI is InChI=1S/C21H32F2N4O2/c1-3-8-26-14-21(15-26)6-9-27(10-7-21)18(29)25-16(11-19(2,22)23)17(28)12-20(13-24)4-5-20/h16H,3-12,14-15H2,1-2H3,(H,25,29)/t16-/m0/s1. The summed E-state index contributed by atoms with van der Waals surface area (Å²) in [5.74, 6) is -3.54. The summed E-state index contributed by atoms with van der Waals surface area (Å²) in [5.41, 5.74) is -0.433. The van der Waals surface area contributed by atoms with E-state index in [1.165, 1.54) is 0 Å². The van der Waals surface area contributed by atoms with Gasteiger partial charge in [-0.1, -0.05) is 6.92 Å². The van der Waals surface area contributed by atoms with Crippen LogP contribution in [0.25, 0.3) is 0 Å². The molecule has 0 bridgehead atoms. The zero-order chi connectivity index (χ0) is 21.3. The largest absolute Gasteiger partial charge is 0.328 e. The predicted octanol–water partition coefficient (Wildman–Crippen LogP) is 3.18. The molecule has 0 aromatic rings. The molecular formula is C21H32F2N4O2. The van der Waals surface area contributed by atoms with Crippen LogP contribution in [-0.4, -0.2) is 66.3 Å². The molecule has 8 heteroatoms. The Labute approximate surface area is 171 Å². The minimum absolute atomic E-state index is 0.0686. The second kappa shape index (κ2) is 8.17. The van der Waals surface area contributed by atoms with Crippen molar-refractivity contribution in [1.29, 1.82) is 5.26 Å². The van der Waals surface area contributed by atoms with Crippen LogP contribution in [0.5, 0.6) is 0 Å². The number of piperidine rings is 1. The Morgan fingerprint density at radius 3 is 2.31 bits per heavy atom. The van der Waals surface area contributed by atoms with Gasteiger partial charge in [-0.25, -0.2) is 13.6 Å². The third kappa shape index (κ3) is 5.44. The van der Waals surface area contributed by atoms with Crippen LogP contribution in [0.3, 0.4) is 0 Å². The molecule has 2 amide bonds. The van der Waals surface area contributed by atoms with Crippen molar-refractivity contribution in [2.45, 2.75) is 70.8 Å². The van der Waals surface area contributed by atoms with Crippen molar-refractivity contribution in [3.05, 3.63) is 0 Å². The summed E-state index contributed by atoms with van der Waals surface area (Å²) in [6, 6.07) is 0.410. The average molecular weight is 411 g/mol. The number of carbonyl (C=O) groups is 2. The first kappa shape index (κ1) is 21.9. The molecule has 2 aliphatic heterocycles. The molecule has 162 valence electrons. The quantitative estimate of drug-likeness (QED) is 0.667. The number of carbonyl (C=O) groups excluding carboxylic acids is 2. The van der Waals surface area contributed by atoms with Crippen molar-refractivity contribution in [3.8, 4) is 6.07 Å². The van der Waals surface area contributed by atoms with E-state index in [0.29, 0.717) is 25.9 Å². The molecule has 1 saturated carbocycles. The first-order valence-electron chi connectivity index (χ1n) is 10.7. The third-order valence-corrected chi connectivity index (χ3v) is 6.62. The Morgan fingerprint density at radius 2 is 1.83 bits per heavy atom. The normalized spacial score (nSPS) is 23.8. The number of likely N-dealkylation sites (tertiary alicyclic amines) is 2. The molecule has 3 fully saturated rings. The SMILES string of the molecule is CCCN1CC2(CCN(C(=O)N[C@@H](CC(C)(F)F)C(=O)CC3(C#N)CC3)CC2)C1. The van der Waals surface area contributed by atoms with Gasteiger partial charge in [0.25, 0.3) is 0 Å². The van der Waals surface area contributed by atoms with Crippen molar-refractivity contribution in [2.24, 2.45) is 10.8 Å². The maximum Gasteiger partial charge on any atom is 0.317 e. The first-order valence-corrected chi connectivity index (χ1v) is 10.7. The van der Waals surface area contributed by atoms with Gasteiger partial charge in [-0.2, -0.15) is 5.26 Å². The summed E-state index contributed by atoms with van der Waals surface area (Å²) < 4.78 is 27.2. The Kier molecular flexibility index (Phi) is 6.19. The molecule has 29 heavy (non-hydrogen) atoms. The third-order valence-electron chi connectivity index (χ3n) is 6.62. The number of Topliss-reactive ketones (excluding diaryl/α,β-unsaturated/α-hetero) is 1. The number of urea groups is 1. The number of nitrogens with one attached hydrogen (secondary N) is 1. The van der Waals surface area contributed by atoms with E-state index in [4.69, 9.17) is 0 Å². The van der Waals surface area contributed by atoms with Gasteiger partial charge in [0.05, 0.1) is 17.5 Å². The van der Waals surface area contributed by atoms with Crippen molar-refractivity contribution in [3.63, 3.8) is 0 Å². The topological polar surface area (TPSA) is 76.4 Å². The highest BCUT2D eigenvalue weighted by Gasteiger charge is 2.48. The van der Waals surface area contributed by atoms with E-state index in [9.17, 15) is 23.6 Å².